The summed E-state index contributed by atoms with van der Waals surface area (Å²) in [6, 6.07) is 12.2. The van der Waals surface area contributed by atoms with Gasteiger partial charge in [0.25, 0.3) is 0 Å². The summed E-state index contributed by atoms with van der Waals surface area (Å²) in [6.45, 7) is 0. The SMILES string of the molecule is COc1cccc(CC(CCl)Cc2ccc(Br)cn2)c1. The molecule has 20 heavy (non-hydrogen) atoms. The van der Waals surface area contributed by atoms with E-state index in [2.05, 4.69) is 33.0 Å². The molecule has 1 atom stereocenters. The summed E-state index contributed by atoms with van der Waals surface area (Å²) in [6.07, 6.45) is 3.64. The van der Waals surface area contributed by atoms with Gasteiger partial charge < -0.3 is 4.74 Å². The van der Waals surface area contributed by atoms with E-state index in [0.29, 0.717) is 11.8 Å². The summed E-state index contributed by atoms with van der Waals surface area (Å²) >= 11 is 9.50. The molecule has 2 rings (SSSR count). The molecule has 1 aromatic heterocycles. The zero-order valence-electron chi connectivity index (χ0n) is 11.4. The first-order chi connectivity index (χ1) is 9.71. The topological polar surface area (TPSA) is 22.1 Å². The Morgan fingerprint density at radius 2 is 2.10 bits per heavy atom. The molecule has 0 bridgehead atoms. The van der Waals surface area contributed by atoms with Gasteiger partial charge in [0.05, 0.1) is 7.11 Å². The second-order valence-electron chi connectivity index (χ2n) is 4.75. The summed E-state index contributed by atoms with van der Waals surface area (Å²) in [5.74, 6) is 1.88. The molecule has 0 saturated carbocycles. The summed E-state index contributed by atoms with van der Waals surface area (Å²) < 4.78 is 6.25. The summed E-state index contributed by atoms with van der Waals surface area (Å²) in [4.78, 5) is 4.41. The Kier molecular flexibility index (Phi) is 5.86. The van der Waals surface area contributed by atoms with Crippen LogP contribution in [0.4, 0.5) is 0 Å². The Bertz CT molecular complexity index is 544. The van der Waals surface area contributed by atoms with Crippen LogP contribution in [0.15, 0.2) is 47.1 Å². The highest BCUT2D eigenvalue weighted by atomic mass is 79.9. The van der Waals surface area contributed by atoms with Crippen molar-refractivity contribution in [2.45, 2.75) is 12.8 Å². The van der Waals surface area contributed by atoms with Crippen molar-refractivity contribution in [2.75, 3.05) is 13.0 Å². The van der Waals surface area contributed by atoms with Crippen LogP contribution in [0.5, 0.6) is 5.75 Å². The van der Waals surface area contributed by atoms with Crippen molar-refractivity contribution in [1.29, 1.82) is 0 Å². The van der Waals surface area contributed by atoms with Gasteiger partial charge in [-0.05, 0) is 64.5 Å². The number of ether oxygens (including phenoxy) is 1. The van der Waals surface area contributed by atoms with Crippen LogP contribution in [-0.4, -0.2) is 18.0 Å². The third-order valence-electron chi connectivity index (χ3n) is 3.16. The molecule has 4 heteroatoms. The van der Waals surface area contributed by atoms with E-state index in [1.54, 1.807) is 7.11 Å². The maximum atomic E-state index is 6.10. The Morgan fingerprint density at radius 1 is 1.25 bits per heavy atom. The van der Waals surface area contributed by atoms with E-state index in [9.17, 15) is 0 Å². The summed E-state index contributed by atoms with van der Waals surface area (Å²) in [5, 5.41) is 0. The predicted molar refractivity (Wildman–Crippen MR) is 86.5 cm³/mol. The fraction of sp³-hybridized carbons (Fsp3) is 0.312. The van der Waals surface area contributed by atoms with E-state index in [0.717, 1.165) is 28.8 Å². The van der Waals surface area contributed by atoms with Crippen LogP contribution in [0, 0.1) is 5.92 Å². The number of halogens is 2. The minimum absolute atomic E-state index is 0.373. The van der Waals surface area contributed by atoms with Crippen molar-refractivity contribution >= 4 is 27.5 Å². The molecule has 106 valence electrons. The normalized spacial score (nSPS) is 12.2. The van der Waals surface area contributed by atoms with Gasteiger partial charge >= 0.3 is 0 Å². The number of aromatic nitrogens is 1. The molecule has 1 unspecified atom stereocenters. The molecule has 0 aliphatic heterocycles. The smallest absolute Gasteiger partial charge is 0.119 e. The summed E-state index contributed by atoms with van der Waals surface area (Å²) in [7, 11) is 1.68. The zero-order valence-corrected chi connectivity index (χ0v) is 13.7. The number of benzene rings is 1. The van der Waals surface area contributed by atoms with Crippen molar-refractivity contribution in [3.8, 4) is 5.75 Å². The molecule has 0 radical (unpaired) electrons. The standard InChI is InChI=1S/C16H17BrClNO/c1-20-16-4-2-3-12(9-16)7-13(10-18)8-15-6-5-14(17)11-19-15/h2-6,9,11,13H,7-8,10H2,1H3. The van der Waals surface area contributed by atoms with E-state index in [4.69, 9.17) is 16.3 Å². The average molecular weight is 355 g/mol. The highest BCUT2D eigenvalue weighted by Gasteiger charge is 2.11. The lowest BCUT2D eigenvalue weighted by Gasteiger charge is -2.14. The van der Waals surface area contributed by atoms with Crippen molar-refractivity contribution < 1.29 is 4.74 Å². The highest BCUT2D eigenvalue weighted by molar-refractivity contribution is 9.10. The predicted octanol–water partition coefficient (Wildman–Crippen LogP) is 4.49. The number of pyridine rings is 1. The van der Waals surface area contributed by atoms with Crippen LogP contribution >= 0.6 is 27.5 Å². The fourth-order valence-corrected chi connectivity index (χ4v) is 2.59. The lowest BCUT2D eigenvalue weighted by atomic mass is 9.96. The van der Waals surface area contributed by atoms with Crippen molar-refractivity contribution in [3.63, 3.8) is 0 Å². The number of hydrogen-bond donors (Lipinski definition) is 0. The van der Waals surface area contributed by atoms with Crippen LogP contribution < -0.4 is 4.74 Å². The van der Waals surface area contributed by atoms with Gasteiger partial charge in [-0.3, -0.25) is 4.98 Å². The molecule has 0 aliphatic carbocycles. The van der Waals surface area contributed by atoms with E-state index in [1.807, 2.05) is 30.5 Å². The molecule has 0 spiro atoms. The van der Waals surface area contributed by atoms with Crippen LogP contribution in [0.25, 0.3) is 0 Å². The second kappa shape index (κ2) is 7.65. The van der Waals surface area contributed by atoms with Crippen LogP contribution in [-0.2, 0) is 12.8 Å². The molecule has 0 fully saturated rings. The third-order valence-corrected chi connectivity index (χ3v) is 4.07. The van der Waals surface area contributed by atoms with Crippen LogP contribution in [0.2, 0.25) is 0 Å². The molecule has 2 aromatic rings. The molecule has 2 nitrogen and oxygen atoms in total. The number of nitrogens with zero attached hydrogens (tertiary/aromatic N) is 1. The molecule has 1 aromatic carbocycles. The largest absolute Gasteiger partial charge is 0.497 e. The van der Waals surface area contributed by atoms with Crippen LogP contribution in [0.1, 0.15) is 11.3 Å². The number of rotatable bonds is 6. The monoisotopic (exact) mass is 353 g/mol. The molecular weight excluding hydrogens is 338 g/mol. The van der Waals surface area contributed by atoms with E-state index < -0.39 is 0 Å². The Labute approximate surface area is 133 Å². The maximum Gasteiger partial charge on any atom is 0.119 e. The zero-order chi connectivity index (χ0) is 14.4. The second-order valence-corrected chi connectivity index (χ2v) is 5.97. The number of alkyl halides is 1. The van der Waals surface area contributed by atoms with Gasteiger partial charge in [-0.25, -0.2) is 0 Å². The molecule has 0 N–H and O–H groups in total. The maximum absolute atomic E-state index is 6.10. The molecule has 0 aliphatic rings. The van der Waals surface area contributed by atoms with Gasteiger partial charge in [0, 0.05) is 22.2 Å². The Balaban J connectivity index is 2.02. The third kappa shape index (κ3) is 4.50. The lowest BCUT2D eigenvalue weighted by molar-refractivity contribution is 0.414. The van der Waals surface area contributed by atoms with Crippen molar-refractivity contribution in [1.82, 2.24) is 4.98 Å². The van der Waals surface area contributed by atoms with E-state index >= 15 is 0 Å². The quantitative estimate of drug-likeness (QED) is 0.713. The molecule has 1 heterocycles. The van der Waals surface area contributed by atoms with Gasteiger partial charge in [-0.1, -0.05) is 12.1 Å². The van der Waals surface area contributed by atoms with Gasteiger partial charge in [-0.15, -0.1) is 11.6 Å². The number of methoxy groups -OCH3 is 1. The van der Waals surface area contributed by atoms with Gasteiger partial charge in [0.2, 0.25) is 0 Å². The minimum atomic E-state index is 0.373. The van der Waals surface area contributed by atoms with Crippen molar-refractivity contribution in [2.24, 2.45) is 5.92 Å². The van der Waals surface area contributed by atoms with Gasteiger partial charge in [0.1, 0.15) is 5.75 Å². The van der Waals surface area contributed by atoms with E-state index in [1.165, 1.54) is 5.56 Å². The Hall–Kier alpha value is -1.06. The first kappa shape index (κ1) is 15.3. The summed E-state index contributed by atoms with van der Waals surface area (Å²) in [5.41, 5.74) is 2.31. The van der Waals surface area contributed by atoms with E-state index in [-0.39, 0.29) is 0 Å². The van der Waals surface area contributed by atoms with Gasteiger partial charge in [0.15, 0.2) is 0 Å². The first-order valence-corrected chi connectivity index (χ1v) is 7.83. The molecule has 0 amide bonds. The van der Waals surface area contributed by atoms with Crippen LogP contribution in [0.3, 0.4) is 0 Å². The lowest BCUT2D eigenvalue weighted by Crippen LogP contribution is -2.11. The van der Waals surface area contributed by atoms with Crippen molar-refractivity contribution in [3.05, 3.63) is 58.3 Å². The average Bonchev–Trinajstić information content (AvgIpc) is 2.49. The fourth-order valence-electron chi connectivity index (χ4n) is 2.14. The molecule has 0 saturated heterocycles. The molecular formula is C16H17BrClNO. The first-order valence-electron chi connectivity index (χ1n) is 6.50. The highest BCUT2D eigenvalue weighted by Crippen LogP contribution is 2.19. The Morgan fingerprint density at radius 3 is 2.75 bits per heavy atom. The van der Waals surface area contributed by atoms with Gasteiger partial charge in [-0.2, -0.15) is 0 Å². The minimum Gasteiger partial charge on any atom is -0.497 e. The number of hydrogen-bond acceptors (Lipinski definition) is 2.